The third-order valence-electron chi connectivity index (χ3n) is 3.30. The van der Waals surface area contributed by atoms with E-state index in [9.17, 15) is 0 Å². The molecule has 1 aromatic rings. The Labute approximate surface area is 112 Å². The van der Waals surface area contributed by atoms with E-state index >= 15 is 0 Å². The van der Waals surface area contributed by atoms with E-state index in [-0.39, 0.29) is 0 Å². The normalized spacial score (nSPS) is 11.8. The lowest BCUT2D eigenvalue weighted by Crippen LogP contribution is -2.31. The molecule has 1 rings (SSSR count). The molecule has 2 nitrogen and oxygen atoms in total. The van der Waals surface area contributed by atoms with Crippen LogP contribution in [0.2, 0.25) is 0 Å². The fourth-order valence-electron chi connectivity index (χ4n) is 1.93. The molecule has 0 fully saturated rings. The van der Waals surface area contributed by atoms with Gasteiger partial charge in [0.05, 0.1) is 6.61 Å². The van der Waals surface area contributed by atoms with E-state index in [4.69, 9.17) is 4.74 Å². The zero-order valence-corrected chi connectivity index (χ0v) is 12.3. The fourth-order valence-corrected chi connectivity index (χ4v) is 1.93. The lowest BCUT2D eigenvalue weighted by molar-refractivity contribution is 0.193. The number of hydrogen-bond acceptors (Lipinski definition) is 2. The summed E-state index contributed by atoms with van der Waals surface area (Å²) in [4.78, 5) is 0. The topological polar surface area (TPSA) is 21.3 Å². The van der Waals surface area contributed by atoms with Crippen LogP contribution in [0.5, 0.6) is 0 Å². The molecule has 0 aliphatic rings. The van der Waals surface area contributed by atoms with E-state index in [1.165, 1.54) is 17.5 Å². The first-order valence-corrected chi connectivity index (χ1v) is 6.79. The fraction of sp³-hybridized carbons (Fsp3) is 0.625. The number of methoxy groups -OCH3 is 1. The molecule has 0 heterocycles. The van der Waals surface area contributed by atoms with E-state index < -0.39 is 0 Å². The summed E-state index contributed by atoms with van der Waals surface area (Å²) in [5, 5.41) is 3.45. The minimum Gasteiger partial charge on any atom is -0.383 e. The quantitative estimate of drug-likeness (QED) is 0.714. The van der Waals surface area contributed by atoms with E-state index in [1.807, 2.05) is 0 Å². The maximum atomic E-state index is 5.03. The van der Waals surface area contributed by atoms with Crippen LogP contribution >= 0.6 is 0 Å². The second-order valence-electron chi connectivity index (χ2n) is 5.82. The maximum Gasteiger partial charge on any atom is 0.0587 e. The van der Waals surface area contributed by atoms with Gasteiger partial charge in [0.25, 0.3) is 0 Å². The van der Waals surface area contributed by atoms with Gasteiger partial charge in [-0.3, -0.25) is 0 Å². The van der Waals surface area contributed by atoms with Crippen molar-refractivity contribution in [3.63, 3.8) is 0 Å². The van der Waals surface area contributed by atoms with Crippen molar-refractivity contribution in [3.05, 3.63) is 35.4 Å². The summed E-state index contributed by atoms with van der Waals surface area (Å²) in [6, 6.07) is 8.87. The second-order valence-corrected chi connectivity index (χ2v) is 5.82. The Morgan fingerprint density at radius 3 is 2.44 bits per heavy atom. The highest BCUT2D eigenvalue weighted by molar-refractivity contribution is 5.21. The van der Waals surface area contributed by atoms with E-state index in [0.717, 1.165) is 26.1 Å². The largest absolute Gasteiger partial charge is 0.383 e. The number of benzene rings is 1. The third-order valence-corrected chi connectivity index (χ3v) is 3.30. The van der Waals surface area contributed by atoms with Crippen molar-refractivity contribution in [1.82, 2.24) is 5.32 Å². The molecule has 0 unspecified atom stereocenters. The highest BCUT2D eigenvalue weighted by atomic mass is 16.5. The van der Waals surface area contributed by atoms with Crippen molar-refractivity contribution in [2.45, 2.75) is 33.6 Å². The van der Waals surface area contributed by atoms with Crippen LogP contribution in [0.25, 0.3) is 0 Å². The van der Waals surface area contributed by atoms with Crippen molar-refractivity contribution in [1.29, 1.82) is 0 Å². The number of hydrogen-bond donors (Lipinski definition) is 1. The Morgan fingerprint density at radius 2 is 1.83 bits per heavy atom. The van der Waals surface area contributed by atoms with Gasteiger partial charge < -0.3 is 10.1 Å². The molecular formula is C16H27NO. The molecule has 0 aromatic heterocycles. The van der Waals surface area contributed by atoms with Crippen LogP contribution in [0.15, 0.2) is 24.3 Å². The minimum atomic E-state index is 0.332. The standard InChI is InChI=1S/C16H27NO/c1-14-5-7-15(8-6-14)9-10-16(2,3)13-17-11-12-18-4/h5-8,17H,9-13H2,1-4H3. The van der Waals surface area contributed by atoms with Crippen molar-refractivity contribution in [2.24, 2.45) is 5.41 Å². The summed E-state index contributed by atoms with van der Waals surface area (Å²) in [5.41, 5.74) is 3.10. The summed E-state index contributed by atoms with van der Waals surface area (Å²) in [7, 11) is 1.74. The minimum absolute atomic E-state index is 0.332. The Hall–Kier alpha value is -0.860. The SMILES string of the molecule is COCCNCC(C)(C)CCc1ccc(C)cc1. The highest BCUT2D eigenvalue weighted by Crippen LogP contribution is 2.22. The summed E-state index contributed by atoms with van der Waals surface area (Å²) in [6.07, 6.45) is 2.36. The Balaban J connectivity index is 2.29. The predicted molar refractivity (Wildman–Crippen MR) is 78.0 cm³/mol. The highest BCUT2D eigenvalue weighted by Gasteiger charge is 2.16. The van der Waals surface area contributed by atoms with Gasteiger partial charge in [-0.25, -0.2) is 0 Å². The molecule has 102 valence electrons. The number of ether oxygens (including phenoxy) is 1. The molecule has 2 heteroatoms. The predicted octanol–water partition coefficient (Wildman–Crippen LogP) is 3.19. The molecule has 0 spiro atoms. The van der Waals surface area contributed by atoms with E-state index in [1.54, 1.807) is 7.11 Å². The molecule has 0 bridgehead atoms. The number of aryl methyl sites for hydroxylation is 2. The Bertz CT molecular complexity index is 329. The first-order valence-electron chi connectivity index (χ1n) is 6.79. The van der Waals surface area contributed by atoms with Gasteiger partial charge >= 0.3 is 0 Å². The van der Waals surface area contributed by atoms with Crippen LogP contribution in [0.1, 0.15) is 31.4 Å². The molecule has 1 aromatic carbocycles. The van der Waals surface area contributed by atoms with Crippen LogP contribution < -0.4 is 5.32 Å². The molecule has 18 heavy (non-hydrogen) atoms. The Kier molecular flexibility index (Phi) is 6.37. The number of nitrogens with one attached hydrogen (secondary N) is 1. The lowest BCUT2D eigenvalue weighted by atomic mass is 9.86. The smallest absolute Gasteiger partial charge is 0.0587 e. The van der Waals surface area contributed by atoms with Crippen LogP contribution in [-0.4, -0.2) is 26.8 Å². The van der Waals surface area contributed by atoms with Crippen LogP contribution in [0, 0.1) is 12.3 Å². The molecule has 0 aliphatic heterocycles. The summed E-state index contributed by atoms with van der Waals surface area (Å²) in [5.74, 6) is 0. The van der Waals surface area contributed by atoms with E-state index in [2.05, 4.69) is 50.4 Å². The zero-order valence-electron chi connectivity index (χ0n) is 12.3. The first-order chi connectivity index (χ1) is 8.53. The number of rotatable bonds is 8. The first kappa shape index (κ1) is 15.2. The molecule has 0 aliphatic carbocycles. The molecule has 0 atom stereocenters. The summed E-state index contributed by atoms with van der Waals surface area (Å²) < 4.78 is 5.03. The van der Waals surface area contributed by atoms with Gasteiger partial charge in [0, 0.05) is 20.2 Å². The van der Waals surface area contributed by atoms with Gasteiger partial charge in [0.15, 0.2) is 0 Å². The lowest BCUT2D eigenvalue weighted by Gasteiger charge is -2.25. The van der Waals surface area contributed by atoms with Crippen molar-refractivity contribution < 1.29 is 4.74 Å². The average molecular weight is 249 g/mol. The van der Waals surface area contributed by atoms with Gasteiger partial charge in [-0.15, -0.1) is 0 Å². The molecule has 0 saturated carbocycles. The van der Waals surface area contributed by atoms with Crippen LogP contribution in [0.3, 0.4) is 0 Å². The van der Waals surface area contributed by atoms with Gasteiger partial charge in [-0.05, 0) is 30.7 Å². The van der Waals surface area contributed by atoms with Crippen LogP contribution in [0.4, 0.5) is 0 Å². The molecular weight excluding hydrogens is 222 g/mol. The van der Waals surface area contributed by atoms with Gasteiger partial charge in [-0.2, -0.15) is 0 Å². The third kappa shape index (κ3) is 6.18. The second kappa shape index (κ2) is 7.55. The van der Waals surface area contributed by atoms with Gasteiger partial charge in [0.1, 0.15) is 0 Å². The van der Waals surface area contributed by atoms with Gasteiger partial charge in [-0.1, -0.05) is 43.7 Å². The molecule has 0 amide bonds. The van der Waals surface area contributed by atoms with Crippen LogP contribution in [-0.2, 0) is 11.2 Å². The molecule has 1 N–H and O–H groups in total. The van der Waals surface area contributed by atoms with Crippen molar-refractivity contribution >= 4 is 0 Å². The van der Waals surface area contributed by atoms with Crippen molar-refractivity contribution in [3.8, 4) is 0 Å². The summed E-state index contributed by atoms with van der Waals surface area (Å²) in [6.45, 7) is 9.54. The average Bonchev–Trinajstić information content (AvgIpc) is 2.34. The van der Waals surface area contributed by atoms with Gasteiger partial charge in [0.2, 0.25) is 0 Å². The maximum absolute atomic E-state index is 5.03. The molecule has 0 saturated heterocycles. The Morgan fingerprint density at radius 1 is 1.17 bits per heavy atom. The van der Waals surface area contributed by atoms with Crippen molar-refractivity contribution in [2.75, 3.05) is 26.8 Å². The summed E-state index contributed by atoms with van der Waals surface area (Å²) >= 11 is 0. The molecule has 0 radical (unpaired) electrons. The monoisotopic (exact) mass is 249 g/mol. The zero-order chi connectivity index (χ0) is 13.4. The van der Waals surface area contributed by atoms with E-state index in [0.29, 0.717) is 5.41 Å².